The molecule has 1 aliphatic carbocycles. The van der Waals surface area contributed by atoms with Gasteiger partial charge in [-0.3, -0.25) is 4.79 Å². The molecule has 1 saturated heterocycles. The highest BCUT2D eigenvalue weighted by atomic mass is 16.2. The van der Waals surface area contributed by atoms with Crippen LogP contribution in [0.5, 0.6) is 0 Å². The van der Waals surface area contributed by atoms with E-state index in [9.17, 15) is 10.1 Å². The summed E-state index contributed by atoms with van der Waals surface area (Å²) >= 11 is 0. The summed E-state index contributed by atoms with van der Waals surface area (Å²) in [6.45, 7) is 1.57. The van der Waals surface area contributed by atoms with Gasteiger partial charge >= 0.3 is 0 Å². The molecule has 1 heterocycles. The van der Waals surface area contributed by atoms with Crippen LogP contribution in [-0.4, -0.2) is 42.5 Å². The maximum Gasteiger partial charge on any atom is 0.238 e. The van der Waals surface area contributed by atoms with Crippen LogP contribution in [0.1, 0.15) is 51.4 Å². The normalized spacial score (nSPS) is 29.6. The highest BCUT2D eigenvalue weighted by molar-refractivity contribution is 5.82. The van der Waals surface area contributed by atoms with Crippen molar-refractivity contribution in [1.82, 2.24) is 10.2 Å². The molecule has 3 N–H and O–H groups in total. The highest BCUT2D eigenvalue weighted by Gasteiger charge is 2.37. The minimum atomic E-state index is -0.756. The molecule has 0 aromatic carbocycles. The zero-order valence-electron chi connectivity index (χ0n) is 13.1. The Morgan fingerprint density at radius 3 is 2.76 bits per heavy atom. The first-order valence-electron chi connectivity index (χ1n) is 8.22. The minimum Gasteiger partial charge on any atom is -0.335 e. The van der Waals surface area contributed by atoms with Gasteiger partial charge in [-0.15, -0.1) is 0 Å². The number of nitrogens with two attached hydrogens (primary N) is 1. The molecule has 0 bridgehead atoms. The SMILES string of the molecule is CN1CCCC(C#N)(NC(=O)C(N)CC2CCCCC2)C1. The third-order valence-corrected chi connectivity index (χ3v) is 4.91. The van der Waals surface area contributed by atoms with E-state index in [1.807, 2.05) is 7.05 Å². The molecule has 1 aliphatic heterocycles. The second-order valence-electron chi connectivity index (χ2n) is 6.87. The summed E-state index contributed by atoms with van der Waals surface area (Å²) in [5.74, 6) is 0.420. The van der Waals surface area contributed by atoms with Gasteiger partial charge in [0.25, 0.3) is 0 Å². The molecule has 118 valence electrons. The summed E-state index contributed by atoms with van der Waals surface area (Å²) in [6.07, 6.45) is 8.60. The first-order valence-corrected chi connectivity index (χ1v) is 8.22. The number of nitriles is 1. The quantitative estimate of drug-likeness (QED) is 0.820. The zero-order valence-corrected chi connectivity index (χ0v) is 13.1. The number of amides is 1. The molecule has 5 heteroatoms. The number of piperidine rings is 1. The van der Waals surface area contributed by atoms with Gasteiger partial charge in [-0.05, 0) is 38.8 Å². The van der Waals surface area contributed by atoms with Crippen LogP contribution in [0.15, 0.2) is 0 Å². The third kappa shape index (κ3) is 4.42. The van der Waals surface area contributed by atoms with Crippen LogP contribution >= 0.6 is 0 Å². The lowest BCUT2D eigenvalue weighted by Gasteiger charge is -2.37. The van der Waals surface area contributed by atoms with Crippen molar-refractivity contribution in [3.63, 3.8) is 0 Å². The van der Waals surface area contributed by atoms with Crippen LogP contribution in [0.2, 0.25) is 0 Å². The molecular weight excluding hydrogens is 264 g/mol. The molecule has 0 aromatic heterocycles. The van der Waals surface area contributed by atoms with E-state index in [0.29, 0.717) is 12.5 Å². The van der Waals surface area contributed by atoms with Gasteiger partial charge in [-0.2, -0.15) is 5.26 Å². The average molecular weight is 292 g/mol. The Morgan fingerprint density at radius 2 is 2.14 bits per heavy atom. The van der Waals surface area contributed by atoms with Crippen LogP contribution in [0.3, 0.4) is 0 Å². The number of carbonyl (C=O) groups excluding carboxylic acids is 1. The molecule has 2 rings (SSSR count). The van der Waals surface area contributed by atoms with Crippen LogP contribution in [0.4, 0.5) is 0 Å². The van der Waals surface area contributed by atoms with E-state index < -0.39 is 11.6 Å². The standard InChI is InChI=1S/C16H28N4O/c1-20-9-5-8-16(11-17,12-20)19-15(21)14(18)10-13-6-3-2-4-7-13/h13-14H,2-10,12,18H2,1H3,(H,19,21). The number of hydrogen-bond donors (Lipinski definition) is 2. The molecular formula is C16H28N4O. The van der Waals surface area contributed by atoms with Gasteiger partial charge in [0.1, 0.15) is 5.54 Å². The van der Waals surface area contributed by atoms with Crippen molar-refractivity contribution < 1.29 is 4.79 Å². The molecule has 1 saturated carbocycles. The van der Waals surface area contributed by atoms with Crippen molar-refractivity contribution in [1.29, 1.82) is 5.26 Å². The second-order valence-corrected chi connectivity index (χ2v) is 6.87. The van der Waals surface area contributed by atoms with Crippen LogP contribution in [0.25, 0.3) is 0 Å². The summed E-state index contributed by atoms with van der Waals surface area (Å²) in [5.41, 5.74) is 5.32. The van der Waals surface area contributed by atoms with E-state index >= 15 is 0 Å². The minimum absolute atomic E-state index is 0.155. The van der Waals surface area contributed by atoms with E-state index in [1.54, 1.807) is 0 Å². The Balaban J connectivity index is 1.88. The second kappa shape index (κ2) is 7.24. The predicted octanol–water partition coefficient (Wildman–Crippen LogP) is 1.39. The average Bonchev–Trinajstić information content (AvgIpc) is 2.48. The van der Waals surface area contributed by atoms with E-state index in [2.05, 4.69) is 16.3 Å². The molecule has 1 amide bonds. The molecule has 5 nitrogen and oxygen atoms in total. The Labute approximate surface area is 127 Å². The summed E-state index contributed by atoms with van der Waals surface area (Å²) in [6, 6.07) is 1.83. The van der Waals surface area contributed by atoms with Crippen LogP contribution in [-0.2, 0) is 4.79 Å². The summed E-state index contributed by atoms with van der Waals surface area (Å²) in [5, 5.41) is 12.4. The lowest BCUT2D eigenvalue weighted by Crippen LogP contribution is -2.60. The molecule has 2 fully saturated rings. The fourth-order valence-corrected chi connectivity index (χ4v) is 3.71. The largest absolute Gasteiger partial charge is 0.335 e. The lowest BCUT2D eigenvalue weighted by molar-refractivity contribution is -0.124. The fourth-order valence-electron chi connectivity index (χ4n) is 3.71. The zero-order chi connectivity index (χ0) is 15.3. The summed E-state index contributed by atoms with van der Waals surface area (Å²) in [4.78, 5) is 14.4. The van der Waals surface area contributed by atoms with E-state index in [1.165, 1.54) is 32.1 Å². The fraction of sp³-hybridized carbons (Fsp3) is 0.875. The van der Waals surface area contributed by atoms with Crippen molar-refractivity contribution in [2.75, 3.05) is 20.1 Å². The smallest absolute Gasteiger partial charge is 0.238 e. The van der Waals surface area contributed by atoms with Gasteiger partial charge < -0.3 is 16.0 Å². The summed E-state index contributed by atoms with van der Waals surface area (Å²) < 4.78 is 0. The predicted molar refractivity (Wildman–Crippen MR) is 82.4 cm³/mol. The molecule has 0 spiro atoms. The van der Waals surface area contributed by atoms with Crippen LogP contribution in [0, 0.1) is 17.2 Å². The van der Waals surface area contributed by atoms with Gasteiger partial charge in [0, 0.05) is 6.54 Å². The van der Waals surface area contributed by atoms with Gasteiger partial charge in [0.05, 0.1) is 12.1 Å². The molecule has 0 radical (unpaired) electrons. The molecule has 2 unspecified atom stereocenters. The van der Waals surface area contributed by atoms with Crippen molar-refractivity contribution >= 4 is 5.91 Å². The Bertz CT molecular complexity index is 400. The van der Waals surface area contributed by atoms with E-state index in [-0.39, 0.29) is 5.91 Å². The van der Waals surface area contributed by atoms with Gasteiger partial charge in [0.2, 0.25) is 5.91 Å². The maximum atomic E-state index is 12.3. The highest BCUT2D eigenvalue weighted by Crippen LogP contribution is 2.27. The van der Waals surface area contributed by atoms with Crippen LogP contribution < -0.4 is 11.1 Å². The monoisotopic (exact) mass is 292 g/mol. The Morgan fingerprint density at radius 1 is 1.43 bits per heavy atom. The molecule has 21 heavy (non-hydrogen) atoms. The van der Waals surface area contributed by atoms with Gasteiger partial charge in [-0.25, -0.2) is 0 Å². The molecule has 0 aromatic rings. The number of likely N-dealkylation sites (tertiary alicyclic amines) is 1. The van der Waals surface area contributed by atoms with Gasteiger partial charge in [-0.1, -0.05) is 32.1 Å². The number of carbonyl (C=O) groups is 1. The number of rotatable bonds is 4. The topological polar surface area (TPSA) is 82.2 Å². The maximum absolute atomic E-state index is 12.3. The first kappa shape index (κ1) is 16.3. The van der Waals surface area contributed by atoms with Gasteiger partial charge in [0.15, 0.2) is 0 Å². The Kier molecular flexibility index (Phi) is 5.60. The van der Waals surface area contributed by atoms with E-state index in [4.69, 9.17) is 5.73 Å². The lowest BCUT2D eigenvalue weighted by atomic mass is 9.84. The molecule has 2 atom stereocenters. The molecule has 2 aliphatic rings. The third-order valence-electron chi connectivity index (χ3n) is 4.91. The van der Waals surface area contributed by atoms with E-state index in [0.717, 1.165) is 25.8 Å². The van der Waals surface area contributed by atoms with Crippen molar-refractivity contribution in [2.24, 2.45) is 11.7 Å². The Hall–Kier alpha value is -1.12. The number of hydrogen-bond acceptors (Lipinski definition) is 4. The van der Waals surface area contributed by atoms with Crippen molar-refractivity contribution in [3.8, 4) is 6.07 Å². The number of nitrogens with one attached hydrogen (secondary N) is 1. The van der Waals surface area contributed by atoms with Crippen molar-refractivity contribution in [3.05, 3.63) is 0 Å². The number of nitrogens with zero attached hydrogens (tertiary/aromatic N) is 2. The number of likely N-dealkylation sites (N-methyl/N-ethyl adjacent to an activating group) is 1. The van der Waals surface area contributed by atoms with Crippen molar-refractivity contribution in [2.45, 2.75) is 62.9 Å². The summed E-state index contributed by atoms with van der Waals surface area (Å²) in [7, 11) is 1.99. The first-order chi connectivity index (χ1) is 10.0.